The molecule has 2 aromatic heterocycles. The average Bonchev–Trinajstić information content (AvgIpc) is 3.08. The molecule has 166 valence electrons. The van der Waals surface area contributed by atoms with Crippen molar-refractivity contribution in [3.63, 3.8) is 0 Å². The highest BCUT2D eigenvalue weighted by Crippen LogP contribution is 2.30. The van der Waals surface area contributed by atoms with Crippen LogP contribution in [0.2, 0.25) is 0 Å². The van der Waals surface area contributed by atoms with Gasteiger partial charge in [0.05, 0.1) is 16.8 Å². The lowest BCUT2D eigenvalue weighted by Crippen LogP contribution is -2.07. The monoisotopic (exact) mass is 451 g/mol. The van der Waals surface area contributed by atoms with Crippen LogP contribution in [0.4, 0.5) is 17.6 Å². The van der Waals surface area contributed by atoms with E-state index in [9.17, 15) is 27.2 Å². The molecule has 2 aromatic carbocycles. The molecule has 0 bridgehead atoms. The van der Waals surface area contributed by atoms with Gasteiger partial charge in [-0.05, 0) is 73.2 Å². The first-order valence-corrected chi connectivity index (χ1v) is 9.96. The van der Waals surface area contributed by atoms with Crippen LogP contribution in [-0.4, -0.2) is 16.0 Å². The van der Waals surface area contributed by atoms with E-state index in [2.05, 4.69) is 0 Å². The molecule has 0 aliphatic rings. The quantitative estimate of drug-likeness (QED) is 0.197. The summed E-state index contributed by atoms with van der Waals surface area (Å²) in [5, 5.41) is 0. The van der Waals surface area contributed by atoms with Crippen molar-refractivity contribution in [2.75, 3.05) is 0 Å². The minimum Gasteiger partial charge on any atom is -0.313 e. The summed E-state index contributed by atoms with van der Waals surface area (Å²) in [7, 11) is 0. The lowest BCUT2D eigenvalue weighted by molar-refractivity contribution is -0.137. The molecule has 0 N–H and O–H groups in total. The smallest absolute Gasteiger partial charge is 0.313 e. The number of aromatic nitrogens is 1. The zero-order chi connectivity index (χ0) is 23.8. The summed E-state index contributed by atoms with van der Waals surface area (Å²) in [6.07, 6.45) is -0.165. The molecule has 4 rings (SSSR count). The van der Waals surface area contributed by atoms with Gasteiger partial charge in [0.2, 0.25) is 5.78 Å². The van der Waals surface area contributed by atoms with E-state index in [-0.39, 0.29) is 11.3 Å². The van der Waals surface area contributed by atoms with Crippen molar-refractivity contribution >= 4 is 23.2 Å². The summed E-state index contributed by atoms with van der Waals surface area (Å²) in [5.74, 6) is -1.38. The number of rotatable bonds is 5. The summed E-state index contributed by atoms with van der Waals surface area (Å²) in [6.45, 7) is 1.72. The maximum absolute atomic E-state index is 13.3. The number of fused-ring (bicyclic) bond motifs is 1. The van der Waals surface area contributed by atoms with E-state index in [0.717, 1.165) is 12.1 Å². The Hall–Kier alpha value is -4.00. The van der Waals surface area contributed by atoms with E-state index < -0.39 is 23.3 Å². The first-order valence-electron chi connectivity index (χ1n) is 9.96. The number of carbonyl (C=O) groups excluding carboxylic acids is 2. The number of halogens is 4. The van der Waals surface area contributed by atoms with E-state index >= 15 is 0 Å². The van der Waals surface area contributed by atoms with E-state index in [0.29, 0.717) is 27.9 Å². The van der Waals surface area contributed by atoms with Crippen LogP contribution in [0.5, 0.6) is 0 Å². The predicted octanol–water partition coefficient (Wildman–Crippen LogP) is 6.53. The zero-order valence-corrected chi connectivity index (χ0v) is 17.4. The molecule has 0 saturated carbocycles. The summed E-state index contributed by atoms with van der Waals surface area (Å²) >= 11 is 0. The molecule has 3 nitrogen and oxygen atoms in total. The number of nitrogens with zero attached hydrogens (tertiary/aromatic N) is 1. The highest BCUT2D eigenvalue weighted by Gasteiger charge is 2.30. The van der Waals surface area contributed by atoms with Crippen LogP contribution in [0.3, 0.4) is 0 Å². The molecule has 4 aromatic rings. The van der Waals surface area contributed by atoms with Crippen molar-refractivity contribution < 1.29 is 27.2 Å². The van der Waals surface area contributed by atoms with Gasteiger partial charge in [0, 0.05) is 22.9 Å². The Kier molecular flexibility index (Phi) is 5.72. The van der Waals surface area contributed by atoms with Crippen molar-refractivity contribution in [2.24, 2.45) is 0 Å². The van der Waals surface area contributed by atoms with Gasteiger partial charge < -0.3 is 4.40 Å². The fraction of sp³-hybridized carbons (Fsp3) is 0.0769. The standard InChI is InChI=1S/C26H17F4NO2/c1-16-21(12-13-23(32)18-5-4-6-19(15-18)26(28,29)30)22-7-2-3-14-31(22)24(16)25(33)17-8-10-20(27)11-9-17/h2-15H,1H3. The number of hydrogen-bond acceptors (Lipinski definition) is 2. The average molecular weight is 451 g/mol. The van der Waals surface area contributed by atoms with Crippen molar-refractivity contribution in [3.05, 3.63) is 118 Å². The van der Waals surface area contributed by atoms with Crippen molar-refractivity contribution in [3.8, 4) is 0 Å². The molecule has 0 fully saturated rings. The Balaban J connectivity index is 1.74. The Labute approximate surface area is 186 Å². The predicted molar refractivity (Wildman–Crippen MR) is 117 cm³/mol. The lowest BCUT2D eigenvalue weighted by Gasteiger charge is -2.07. The van der Waals surface area contributed by atoms with Crippen molar-refractivity contribution in [1.29, 1.82) is 0 Å². The zero-order valence-electron chi connectivity index (χ0n) is 17.4. The fourth-order valence-corrected chi connectivity index (χ4v) is 3.69. The first kappa shape index (κ1) is 22.2. The third-order valence-corrected chi connectivity index (χ3v) is 5.33. The van der Waals surface area contributed by atoms with Gasteiger partial charge >= 0.3 is 6.18 Å². The molecule has 0 amide bonds. The molecule has 0 atom stereocenters. The Morgan fingerprint density at radius 2 is 1.64 bits per heavy atom. The highest BCUT2D eigenvalue weighted by molar-refractivity contribution is 6.11. The van der Waals surface area contributed by atoms with Crippen LogP contribution >= 0.6 is 0 Å². The molecule has 0 spiro atoms. The van der Waals surface area contributed by atoms with Gasteiger partial charge in [-0.15, -0.1) is 0 Å². The number of ketones is 2. The summed E-state index contributed by atoms with van der Waals surface area (Å²) < 4.78 is 53.8. The largest absolute Gasteiger partial charge is 0.416 e. The van der Waals surface area contributed by atoms with Crippen LogP contribution in [0.15, 0.2) is 79.0 Å². The number of pyridine rings is 1. The van der Waals surface area contributed by atoms with E-state index in [1.807, 2.05) is 0 Å². The van der Waals surface area contributed by atoms with Gasteiger partial charge in [0.25, 0.3) is 0 Å². The first-order chi connectivity index (χ1) is 15.7. The molecule has 0 aliphatic heterocycles. The van der Waals surface area contributed by atoms with E-state index in [4.69, 9.17) is 0 Å². The van der Waals surface area contributed by atoms with Gasteiger partial charge in [0.1, 0.15) is 5.82 Å². The third-order valence-electron chi connectivity index (χ3n) is 5.33. The third kappa shape index (κ3) is 4.35. The number of benzene rings is 2. The fourth-order valence-electron chi connectivity index (χ4n) is 3.69. The Morgan fingerprint density at radius 1 is 0.909 bits per heavy atom. The topological polar surface area (TPSA) is 38.5 Å². The second-order valence-electron chi connectivity index (χ2n) is 7.46. The maximum atomic E-state index is 13.3. The van der Waals surface area contributed by atoms with Gasteiger partial charge in [-0.1, -0.05) is 18.2 Å². The van der Waals surface area contributed by atoms with Crippen molar-refractivity contribution in [2.45, 2.75) is 13.1 Å². The van der Waals surface area contributed by atoms with E-state index in [1.165, 1.54) is 48.6 Å². The minimum absolute atomic E-state index is 0.0927. The van der Waals surface area contributed by atoms with Crippen LogP contribution in [0, 0.1) is 12.7 Å². The molecular formula is C26H17F4NO2. The van der Waals surface area contributed by atoms with Crippen LogP contribution in [-0.2, 0) is 6.18 Å². The molecule has 0 saturated heterocycles. The maximum Gasteiger partial charge on any atom is 0.416 e. The number of hydrogen-bond donors (Lipinski definition) is 0. The number of allylic oxidation sites excluding steroid dienone is 1. The number of carbonyl (C=O) groups is 2. The normalized spacial score (nSPS) is 11.9. The molecule has 0 radical (unpaired) electrons. The highest BCUT2D eigenvalue weighted by atomic mass is 19.4. The molecule has 7 heteroatoms. The Bertz CT molecular complexity index is 1400. The molecular weight excluding hydrogens is 434 g/mol. The second kappa shape index (κ2) is 8.50. The van der Waals surface area contributed by atoms with Crippen LogP contribution in [0.25, 0.3) is 11.6 Å². The minimum atomic E-state index is -4.55. The summed E-state index contributed by atoms with van der Waals surface area (Å²) in [6, 6.07) is 14.7. The molecule has 33 heavy (non-hydrogen) atoms. The van der Waals surface area contributed by atoms with Gasteiger partial charge in [-0.2, -0.15) is 13.2 Å². The summed E-state index contributed by atoms with van der Waals surface area (Å²) in [5.41, 5.74) is 1.48. The van der Waals surface area contributed by atoms with Gasteiger partial charge in [0.15, 0.2) is 5.78 Å². The molecule has 2 heterocycles. The van der Waals surface area contributed by atoms with Crippen LogP contribution < -0.4 is 0 Å². The summed E-state index contributed by atoms with van der Waals surface area (Å²) in [4.78, 5) is 25.7. The van der Waals surface area contributed by atoms with Crippen molar-refractivity contribution in [1.82, 2.24) is 4.40 Å². The van der Waals surface area contributed by atoms with E-state index in [1.54, 1.807) is 35.7 Å². The van der Waals surface area contributed by atoms with Gasteiger partial charge in [-0.25, -0.2) is 4.39 Å². The molecule has 0 unspecified atom stereocenters. The lowest BCUT2D eigenvalue weighted by atomic mass is 10.0. The number of alkyl halides is 3. The SMILES string of the molecule is Cc1c(C=CC(=O)c2cccc(C(F)(F)F)c2)c2ccccn2c1C(=O)c1ccc(F)cc1. The Morgan fingerprint density at radius 3 is 2.33 bits per heavy atom. The molecule has 0 aliphatic carbocycles. The van der Waals surface area contributed by atoms with Gasteiger partial charge in [-0.3, -0.25) is 9.59 Å². The second-order valence-corrected chi connectivity index (χ2v) is 7.46. The van der Waals surface area contributed by atoms with Crippen LogP contribution in [0.1, 0.15) is 43.1 Å².